The van der Waals surface area contributed by atoms with Crippen molar-refractivity contribution in [2.75, 3.05) is 18.0 Å². The van der Waals surface area contributed by atoms with E-state index < -0.39 is 0 Å². The fourth-order valence-corrected chi connectivity index (χ4v) is 2.87. The number of hydrogen-bond donors (Lipinski definition) is 1. The second-order valence-corrected chi connectivity index (χ2v) is 5.77. The van der Waals surface area contributed by atoms with Crippen LogP contribution in [0.25, 0.3) is 0 Å². The quantitative estimate of drug-likeness (QED) is 0.923. The summed E-state index contributed by atoms with van der Waals surface area (Å²) in [5, 5.41) is 12.1. The summed E-state index contributed by atoms with van der Waals surface area (Å²) in [5.41, 5.74) is 0.924. The van der Waals surface area contributed by atoms with Crippen LogP contribution in [-0.2, 0) is 0 Å². The number of halogens is 2. The van der Waals surface area contributed by atoms with Gasteiger partial charge in [-0.15, -0.1) is 10.2 Å². The van der Waals surface area contributed by atoms with E-state index in [2.05, 4.69) is 20.4 Å². The van der Waals surface area contributed by atoms with Gasteiger partial charge in [-0.2, -0.15) is 0 Å². The van der Waals surface area contributed by atoms with Gasteiger partial charge in [0.1, 0.15) is 0 Å². The Hall–Kier alpha value is -0.580. The minimum absolute atomic E-state index is 0.402. The van der Waals surface area contributed by atoms with Crippen LogP contribution in [-0.4, -0.2) is 35.4 Å². The molecule has 1 N–H and O–H groups in total. The zero-order chi connectivity index (χ0) is 12.5. The van der Waals surface area contributed by atoms with Gasteiger partial charge >= 0.3 is 0 Å². The van der Waals surface area contributed by atoms with E-state index in [4.69, 9.17) is 23.2 Å². The average Bonchev–Trinajstić information content (AvgIpc) is 3.07. The van der Waals surface area contributed by atoms with Crippen molar-refractivity contribution in [2.24, 2.45) is 0 Å². The molecule has 4 nitrogen and oxygen atoms in total. The number of rotatable bonds is 4. The first-order chi connectivity index (χ1) is 8.74. The molecule has 18 heavy (non-hydrogen) atoms. The smallest absolute Gasteiger partial charge is 0.175 e. The van der Waals surface area contributed by atoms with Gasteiger partial charge in [0.2, 0.25) is 0 Å². The summed E-state index contributed by atoms with van der Waals surface area (Å²) >= 11 is 12.1. The molecule has 2 fully saturated rings. The first-order valence-electron chi connectivity index (χ1n) is 6.43. The molecule has 98 valence electrons. The predicted molar refractivity (Wildman–Crippen MR) is 73.4 cm³/mol. The second kappa shape index (κ2) is 5.19. The fraction of sp³-hybridized carbons (Fsp3) is 0.667. The van der Waals surface area contributed by atoms with Gasteiger partial charge in [-0.05, 0) is 32.2 Å². The van der Waals surface area contributed by atoms with E-state index >= 15 is 0 Å². The van der Waals surface area contributed by atoms with Gasteiger partial charge in [-0.3, -0.25) is 0 Å². The molecule has 0 spiro atoms. The summed E-state index contributed by atoms with van der Waals surface area (Å²) in [6.45, 7) is 2.10. The first-order valence-corrected chi connectivity index (χ1v) is 7.18. The molecule has 1 aliphatic heterocycles. The Morgan fingerprint density at radius 3 is 2.78 bits per heavy atom. The minimum atomic E-state index is 0.402. The topological polar surface area (TPSA) is 41.0 Å². The van der Waals surface area contributed by atoms with Gasteiger partial charge in [-0.25, -0.2) is 0 Å². The number of nitrogens with zero attached hydrogens (tertiary/aromatic N) is 3. The highest BCUT2D eigenvalue weighted by atomic mass is 35.5. The predicted octanol–water partition coefficient (Wildman–Crippen LogP) is 2.50. The molecule has 1 atom stereocenters. The Labute approximate surface area is 117 Å². The van der Waals surface area contributed by atoms with Crippen molar-refractivity contribution in [2.45, 2.75) is 37.8 Å². The molecule has 1 aromatic rings. The maximum absolute atomic E-state index is 6.15. The molecule has 6 heteroatoms. The number of aromatic nitrogens is 2. The highest BCUT2D eigenvalue weighted by Gasteiger charge is 2.33. The monoisotopic (exact) mass is 286 g/mol. The Balaban J connectivity index is 1.81. The van der Waals surface area contributed by atoms with Crippen LogP contribution in [0.4, 0.5) is 5.69 Å². The van der Waals surface area contributed by atoms with Crippen molar-refractivity contribution in [3.63, 3.8) is 0 Å². The Morgan fingerprint density at radius 2 is 2.11 bits per heavy atom. The van der Waals surface area contributed by atoms with Crippen molar-refractivity contribution in [3.8, 4) is 0 Å². The highest BCUT2D eigenvalue weighted by Crippen LogP contribution is 2.36. The SMILES string of the molecule is Clc1cc(N(CC2CCCN2)C2CC2)c(Cl)nn1. The lowest BCUT2D eigenvalue weighted by atomic mass is 10.2. The van der Waals surface area contributed by atoms with Crippen molar-refractivity contribution in [3.05, 3.63) is 16.4 Å². The summed E-state index contributed by atoms with van der Waals surface area (Å²) in [6.07, 6.45) is 4.94. The third-order valence-corrected chi connectivity index (χ3v) is 4.03. The lowest BCUT2D eigenvalue weighted by molar-refractivity contribution is 0.578. The van der Waals surface area contributed by atoms with Crippen LogP contribution in [0.2, 0.25) is 10.3 Å². The van der Waals surface area contributed by atoms with Crippen LogP contribution in [0, 0.1) is 0 Å². The third kappa shape index (κ3) is 2.71. The zero-order valence-electron chi connectivity index (χ0n) is 10.1. The van der Waals surface area contributed by atoms with E-state index in [0.717, 1.165) is 18.8 Å². The Bertz CT molecular complexity index is 430. The summed E-state index contributed by atoms with van der Waals surface area (Å²) in [6, 6.07) is 2.96. The minimum Gasteiger partial charge on any atom is -0.364 e. The van der Waals surface area contributed by atoms with Crippen molar-refractivity contribution < 1.29 is 0 Å². The van der Waals surface area contributed by atoms with Gasteiger partial charge in [0, 0.05) is 24.7 Å². The van der Waals surface area contributed by atoms with Crippen LogP contribution >= 0.6 is 23.2 Å². The standard InChI is InChI=1S/C12H16Cl2N4/c13-11-6-10(12(14)17-16-11)18(9-3-4-9)7-8-2-1-5-15-8/h6,8-9,15H,1-5,7H2. The molecule has 1 aromatic heterocycles. The zero-order valence-corrected chi connectivity index (χ0v) is 11.6. The van der Waals surface area contributed by atoms with Crippen LogP contribution < -0.4 is 10.2 Å². The molecule has 0 bridgehead atoms. The van der Waals surface area contributed by atoms with E-state index in [0.29, 0.717) is 22.4 Å². The van der Waals surface area contributed by atoms with E-state index in [1.54, 1.807) is 0 Å². The maximum atomic E-state index is 6.15. The molecule has 3 rings (SSSR count). The van der Waals surface area contributed by atoms with Crippen molar-refractivity contribution in [1.29, 1.82) is 0 Å². The van der Waals surface area contributed by atoms with Crippen LogP contribution in [0.15, 0.2) is 6.07 Å². The normalized spacial score (nSPS) is 23.3. The lowest BCUT2D eigenvalue weighted by Crippen LogP contribution is -2.39. The maximum Gasteiger partial charge on any atom is 0.175 e. The molecule has 1 aliphatic carbocycles. The highest BCUT2D eigenvalue weighted by molar-refractivity contribution is 6.33. The van der Waals surface area contributed by atoms with Gasteiger partial charge < -0.3 is 10.2 Å². The van der Waals surface area contributed by atoms with Crippen molar-refractivity contribution >= 4 is 28.9 Å². The number of hydrogen-bond acceptors (Lipinski definition) is 4. The van der Waals surface area contributed by atoms with E-state index in [9.17, 15) is 0 Å². The molecular weight excluding hydrogens is 271 g/mol. The summed E-state index contributed by atoms with van der Waals surface area (Å²) in [5.74, 6) is 0. The van der Waals surface area contributed by atoms with Gasteiger partial charge in [0.15, 0.2) is 10.3 Å². The summed E-state index contributed by atoms with van der Waals surface area (Å²) in [4.78, 5) is 2.34. The molecule has 0 amide bonds. The molecule has 1 saturated heterocycles. The Kier molecular flexibility index (Phi) is 3.59. The van der Waals surface area contributed by atoms with E-state index in [1.807, 2.05) is 6.07 Å². The molecule has 0 aromatic carbocycles. The molecule has 0 radical (unpaired) electrons. The molecule has 2 aliphatic rings. The van der Waals surface area contributed by atoms with Gasteiger partial charge in [-0.1, -0.05) is 23.2 Å². The number of anilines is 1. The van der Waals surface area contributed by atoms with Crippen LogP contribution in [0.1, 0.15) is 25.7 Å². The van der Waals surface area contributed by atoms with Gasteiger partial charge in [0.05, 0.1) is 5.69 Å². The van der Waals surface area contributed by atoms with E-state index in [-0.39, 0.29) is 0 Å². The Morgan fingerprint density at radius 1 is 1.28 bits per heavy atom. The summed E-state index contributed by atoms with van der Waals surface area (Å²) < 4.78 is 0. The van der Waals surface area contributed by atoms with E-state index in [1.165, 1.54) is 25.7 Å². The first kappa shape index (κ1) is 12.5. The fourth-order valence-electron chi connectivity index (χ4n) is 2.53. The molecule has 2 heterocycles. The molecule has 1 unspecified atom stereocenters. The van der Waals surface area contributed by atoms with Gasteiger partial charge in [0.25, 0.3) is 0 Å². The van der Waals surface area contributed by atoms with Crippen LogP contribution in [0.5, 0.6) is 0 Å². The van der Waals surface area contributed by atoms with Crippen LogP contribution in [0.3, 0.4) is 0 Å². The second-order valence-electron chi connectivity index (χ2n) is 5.02. The summed E-state index contributed by atoms with van der Waals surface area (Å²) in [7, 11) is 0. The average molecular weight is 287 g/mol. The molecule has 1 saturated carbocycles. The number of nitrogens with one attached hydrogen (secondary N) is 1. The largest absolute Gasteiger partial charge is 0.364 e. The molecular formula is C12H16Cl2N4. The van der Waals surface area contributed by atoms with Crippen molar-refractivity contribution in [1.82, 2.24) is 15.5 Å². The lowest BCUT2D eigenvalue weighted by Gasteiger charge is -2.28. The third-order valence-electron chi connectivity index (χ3n) is 3.58.